The molecule has 0 aromatic heterocycles. The molecule has 98 valence electrons. The number of carbonyl (C=O) groups is 1. The minimum absolute atomic E-state index is 0.319. The lowest BCUT2D eigenvalue weighted by atomic mass is 10.7. The highest BCUT2D eigenvalue weighted by molar-refractivity contribution is 7.56. The molecule has 0 amide bonds. The van der Waals surface area contributed by atoms with Crippen LogP contribution in [0, 0.1) is 0 Å². The molecular weight excluding hydrogens is 282 g/mol. The maximum atomic E-state index is 11.0. The summed E-state index contributed by atoms with van der Waals surface area (Å²) in [6.45, 7) is 0. The van der Waals surface area contributed by atoms with Crippen LogP contribution in [0.5, 0.6) is 0 Å². The second kappa shape index (κ2) is 6.58. The molecule has 2 N–H and O–H groups in total. The third kappa shape index (κ3) is 7.21. The van der Waals surface area contributed by atoms with E-state index in [4.69, 9.17) is 10.2 Å². The fraction of sp³-hybridized carbons (Fsp3) is 0.750. The van der Waals surface area contributed by atoms with Crippen molar-refractivity contribution in [3.63, 3.8) is 0 Å². The summed E-state index contributed by atoms with van der Waals surface area (Å²) >= 11 is 0. The molecule has 0 aliphatic rings. The van der Waals surface area contributed by atoms with Crippen LogP contribution in [0.15, 0.2) is 0 Å². The molecule has 0 aromatic carbocycles. The van der Waals surface area contributed by atoms with Gasteiger partial charge in [-0.15, -0.1) is 0 Å². The lowest BCUT2D eigenvalue weighted by Crippen LogP contribution is -2.31. The first-order valence-electron chi connectivity index (χ1n) is 3.24. The molecule has 0 bridgehead atoms. The predicted molar refractivity (Wildman–Crippen MR) is 46.2 cm³/mol. The quantitative estimate of drug-likeness (QED) is 0.355. The minimum Gasteiger partial charge on any atom is -0.350 e. The number of hydrogen-bond acceptors (Lipinski definition) is 6. The number of hydrogen-bond donors (Lipinski definition) is 2. The Morgan fingerprint density at radius 2 is 1.44 bits per heavy atom. The Labute approximate surface area is 88.5 Å². The average molecular weight is 291 g/mol. The second-order valence-corrected chi connectivity index (χ2v) is 5.20. The first-order valence-corrected chi connectivity index (χ1v) is 6.13. The van der Waals surface area contributed by atoms with E-state index in [0.717, 1.165) is 14.2 Å². The fourth-order valence-electron chi connectivity index (χ4n) is 0.408. The van der Waals surface area contributed by atoms with Crippen LogP contribution in [0.4, 0.5) is 16.8 Å². The average Bonchev–Trinajstić information content (AvgIpc) is 2.13. The lowest BCUT2D eigenvalue weighted by molar-refractivity contribution is -0.146. The highest BCUT2D eigenvalue weighted by Crippen LogP contribution is 2.65. The van der Waals surface area contributed by atoms with Crippen molar-refractivity contribution in [3.8, 4) is 0 Å². The standard InChI is InChI=1S/C4H9O6P.F4P/c1-9-11(8,10-2)4(6,7)3-5;1-5(2,3)4/h3,6-7H,1-2H3;/q;+1. The van der Waals surface area contributed by atoms with E-state index in [1.54, 1.807) is 0 Å². The molecule has 0 radical (unpaired) electrons. The van der Waals surface area contributed by atoms with E-state index in [0.29, 0.717) is 0 Å². The molecule has 0 spiro atoms. The van der Waals surface area contributed by atoms with Crippen LogP contribution in [0.2, 0.25) is 0 Å². The summed E-state index contributed by atoms with van der Waals surface area (Å²) < 4.78 is 58.5. The van der Waals surface area contributed by atoms with Gasteiger partial charge >= 0.3 is 21.6 Å². The van der Waals surface area contributed by atoms with Crippen molar-refractivity contribution >= 4 is 22.4 Å². The molecular formula is C4H9F4O6P2+. The second-order valence-electron chi connectivity index (χ2n) is 2.05. The van der Waals surface area contributed by atoms with Gasteiger partial charge in [0.1, 0.15) is 0 Å². The molecule has 0 aromatic rings. The molecule has 6 nitrogen and oxygen atoms in total. The molecule has 0 saturated heterocycles. The van der Waals surface area contributed by atoms with Crippen molar-refractivity contribution in [3.05, 3.63) is 0 Å². The summed E-state index contributed by atoms with van der Waals surface area (Å²) in [5, 5.41) is 17.4. The number of halogens is 4. The van der Waals surface area contributed by atoms with Crippen LogP contribution in [0.25, 0.3) is 0 Å². The van der Waals surface area contributed by atoms with Crippen molar-refractivity contribution in [2.75, 3.05) is 14.2 Å². The molecule has 0 unspecified atom stereocenters. The van der Waals surface area contributed by atoms with Crippen LogP contribution in [0.3, 0.4) is 0 Å². The highest BCUT2D eigenvalue weighted by atomic mass is 31.3. The predicted octanol–water partition coefficient (Wildman–Crippen LogP) is 1.85. The van der Waals surface area contributed by atoms with E-state index in [2.05, 4.69) is 9.05 Å². The third-order valence-electron chi connectivity index (χ3n) is 1.04. The molecule has 0 atom stereocenters. The van der Waals surface area contributed by atoms with Crippen LogP contribution in [-0.2, 0) is 18.4 Å². The zero-order valence-electron chi connectivity index (χ0n) is 8.01. The first-order chi connectivity index (χ1) is 6.93. The van der Waals surface area contributed by atoms with Gasteiger partial charge < -0.3 is 19.3 Å². The molecule has 12 heteroatoms. The van der Waals surface area contributed by atoms with E-state index in [9.17, 15) is 26.1 Å². The Morgan fingerprint density at radius 3 is 1.50 bits per heavy atom. The van der Waals surface area contributed by atoms with Crippen LogP contribution >= 0.6 is 16.1 Å². The van der Waals surface area contributed by atoms with Gasteiger partial charge in [-0.05, 0) is 0 Å². The smallest absolute Gasteiger partial charge is 0.350 e. The van der Waals surface area contributed by atoms with Crippen molar-refractivity contribution in [1.29, 1.82) is 0 Å². The zero-order chi connectivity index (χ0) is 13.6. The highest BCUT2D eigenvalue weighted by Gasteiger charge is 2.47. The van der Waals surface area contributed by atoms with Crippen molar-refractivity contribution < 1.29 is 45.4 Å². The molecule has 0 rings (SSSR count). The number of aliphatic hydroxyl groups is 2. The van der Waals surface area contributed by atoms with E-state index in [1.807, 2.05) is 0 Å². The topological polar surface area (TPSA) is 93.1 Å². The van der Waals surface area contributed by atoms with Gasteiger partial charge in [0, 0.05) is 14.2 Å². The Morgan fingerprint density at radius 1 is 1.19 bits per heavy atom. The van der Waals surface area contributed by atoms with Gasteiger partial charge in [0.05, 0.1) is 16.8 Å². The normalized spacial score (nSPS) is 12.8. The summed E-state index contributed by atoms with van der Waals surface area (Å²) in [4.78, 5) is 9.96. The van der Waals surface area contributed by atoms with Crippen molar-refractivity contribution in [2.24, 2.45) is 0 Å². The first kappa shape index (κ1) is 18.3. The lowest BCUT2D eigenvalue weighted by Gasteiger charge is -2.22. The van der Waals surface area contributed by atoms with Gasteiger partial charge in [0.15, 0.2) is 6.29 Å². The van der Waals surface area contributed by atoms with Gasteiger partial charge in [-0.1, -0.05) is 0 Å². The SMILES string of the molecule is COP(=O)(OC)C(O)(O)C=O.F[P+](F)(F)F. The van der Waals surface area contributed by atoms with Crippen molar-refractivity contribution in [1.82, 2.24) is 0 Å². The number of carbonyl (C=O) groups excluding carboxylic acids is 1. The monoisotopic (exact) mass is 291 g/mol. The molecule has 0 aliphatic carbocycles. The van der Waals surface area contributed by atoms with Gasteiger partial charge in [0.2, 0.25) is 0 Å². The van der Waals surface area contributed by atoms with Crippen molar-refractivity contribution in [2.45, 2.75) is 5.53 Å². The summed E-state index contributed by atoms with van der Waals surface area (Å²) in [5.41, 5.74) is -3.07. The molecule has 0 fully saturated rings. The number of rotatable bonds is 4. The third-order valence-corrected chi connectivity index (χ3v) is 2.91. The fourth-order valence-corrected chi connectivity index (χ4v) is 1.22. The maximum Gasteiger partial charge on any atom is 0.755 e. The Balaban J connectivity index is 0. The molecule has 0 heterocycles. The van der Waals surface area contributed by atoms with E-state index in [1.165, 1.54) is 0 Å². The zero-order valence-corrected chi connectivity index (χ0v) is 9.80. The molecule has 16 heavy (non-hydrogen) atoms. The maximum absolute atomic E-state index is 11.0. The Hall–Kier alpha value is -0.110. The largest absolute Gasteiger partial charge is 0.755 e. The van der Waals surface area contributed by atoms with Crippen LogP contribution < -0.4 is 0 Å². The van der Waals surface area contributed by atoms with Gasteiger partial charge in [-0.25, -0.2) is 0 Å². The van der Waals surface area contributed by atoms with E-state index in [-0.39, 0.29) is 6.29 Å². The minimum atomic E-state index is -6.39. The Kier molecular flexibility index (Phi) is 7.51. The van der Waals surface area contributed by atoms with E-state index >= 15 is 0 Å². The van der Waals surface area contributed by atoms with Gasteiger partial charge in [0.25, 0.3) is 0 Å². The molecule has 0 aliphatic heterocycles. The van der Waals surface area contributed by atoms with Crippen LogP contribution in [0.1, 0.15) is 0 Å². The summed E-state index contributed by atoms with van der Waals surface area (Å²) in [7, 11) is -8.65. The summed E-state index contributed by atoms with van der Waals surface area (Å²) in [6.07, 6.45) is -0.319. The van der Waals surface area contributed by atoms with E-state index < -0.39 is 21.6 Å². The number of aldehydes is 1. The molecule has 0 saturated carbocycles. The van der Waals surface area contributed by atoms with Gasteiger partial charge in [-0.2, -0.15) is 0 Å². The summed E-state index contributed by atoms with van der Waals surface area (Å²) in [6, 6.07) is 0. The van der Waals surface area contributed by atoms with Gasteiger partial charge in [-0.3, -0.25) is 9.36 Å². The Bertz CT molecular complexity index is 252. The summed E-state index contributed by atoms with van der Waals surface area (Å²) in [5.74, 6) is 0. The van der Waals surface area contributed by atoms with Crippen LogP contribution in [-0.4, -0.2) is 36.2 Å².